The van der Waals surface area contributed by atoms with Crippen molar-refractivity contribution in [2.45, 2.75) is 51.3 Å². The lowest BCUT2D eigenvalue weighted by Gasteiger charge is -2.38. The van der Waals surface area contributed by atoms with Crippen molar-refractivity contribution in [2.24, 2.45) is 5.10 Å². The summed E-state index contributed by atoms with van der Waals surface area (Å²) in [5.74, 6) is 2.42. The lowest BCUT2D eigenvalue weighted by Crippen LogP contribution is -2.33. The number of methoxy groups -OCH3 is 1. The normalized spacial score (nSPS) is 18.8. The van der Waals surface area contributed by atoms with E-state index in [0.717, 1.165) is 41.4 Å². The largest absolute Gasteiger partial charge is 0.493 e. The fraction of sp³-hybridized carbons (Fsp3) is 0.370. The van der Waals surface area contributed by atoms with Crippen molar-refractivity contribution >= 4 is 17.0 Å². The number of ether oxygens (including phenoxy) is 3. The minimum atomic E-state index is -0.324. The van der Waals surface area contributed by atoms with Crippen molar-refractivity contribution < 1.29 is 14.2 Å². The van der Waals surface area contributed by atoms with Crippen LogP contribution in [0.15, 0.2) is 65.1 Å². The van der Waals surface area contributed by atoms with Gasteiger partial charge in [-0.25, -0.2) is 5.01 Å². The van der Waals surface area contributed by atoms with Crippen LogP contribution in [0.25, 0.3) is 0 Å². The fourth-order valence-corrected chi connectivity index (χ4v) is 5.23. The van der Waals surface area contributed by atoms with Crippen LogP contribution in [-0.2, 0) is 0 Å². The Hall–Kier alpha value is -2.99. The third kappa shape index (κ3) is 4.44. The summed E-state index contributed by atoms with van der Waals surface area (Å²) < 4.78 is 18.2. The van der Waals surface area contributed by atoms with Gasteiger partial charge in [0.15, 0.2) is 11.5 Å². The molecule has 2 aliphatic heterocycles. The van der Waals surface area contributed by atoms with Crippen LogP contribution in [0.3, 0.4) is 0 Å². The quantitative estimate of drug-likeness (QED) is 0.323. The van der Waals surface area contributed by atoms with Crippen molar-refractivity contribution in [3.63, 3.8) is 0 Å². The van der Waals surface area contributed by atoms with Crippen molar-refractivity contribution in [3.8, 4) is 17.2 Å². The molecule has 0 saturated carbocycles. The summed E-state index contributed by atoms with van der Waals surface area (Å²) in [5.41, 5.74) is 3.29. The molecule has 6 heteroatoms. The van der Waals surface area contributed by atoms with E-state index in [-0.39, 0.29) is 12.3 Å². The molecule has 3 aromatic rings. The maximum absolute atomic E-state index is 6.49. The Morgan fingerprint density at radius 2 is 1.97 bits per heavy atom. The van der Waals surface area contributed by atoms with Crippen LogP contribution < -0.4 is 14.2 Å². The van der Waals surface area contributed by atoms with E-state index < -0.39 is 0 Å². The first-order chi connectivity index (χ1) is 16.3. The molecule has 0 amide bonds. The highest BCUT2D eigenvalue weighted by Gasteiger charge is 2.41. The summed E-state index contributed by atoms with van der Waals surface area (Å²) >= 11 is 1.73. The minimum absolute atomic E-state index is 0.150. The lowest BCUT2D eigenvalue weighted by atomic mass is 9.97. The predicted molar refractivity (Wildman–Crippen MR) is 132 cm³/mol. The van der Waals surface area contributed by atoms with Crippen LogP contribution in [0.4, 0.5) is 0 Å². The van der Waals surface area contributed by atoms with Gasteiger partial charge in [0, 0.05) is 17.5 Å². The summed E-state index contributed by atoms with van der Waals surface area (Å²) in [4.78, 5) is 1.21. The van der Waals surface area contributed by atoms with Crippen LogP contribution in [-0.4, -0.2) is 24.4 Å². The molecule has 0 bridgehead atoms. The van der Waals surface area contributed by atoms with E-state index in [2.05, 4.69) is 47.6 Å². The van der Waals surface area contributed by atoms with Crippen LogP contribution in [0.5, 0.6) is 17.2 Å². The first kappa shape index (κ1) is 21.8. The van der Waals surface area contributed by atoms with Crippen molar-refractivity contribution in [1.82, 2.24) is 5.01 Å². The van der Waals surface area contributed by atoms with Crippen LogP contribution in [0, 0.1) is 0 Å². The molecule has 0 unspecified atom stereocenters. The molecule has 5 rings (SSSR count). The summed E-state index contributed by atoms with van der Waals surface area (Å²) in [6, 6.07) is 18.7. The van der Waals surface area contributed by atoms with Gasteiger partial charge in [0.1, 0.15) is 5.75 Å². The number of thiophene rings is 1. The number of rotatable bonds is 9. The average Bonchev–Trinajstić information content (AvgIpc) is 3.54. The van der Waals surface area contributed by atoms with Crippen LogP contribution in [0.1, 0.15) is 67.3 Å². The first-order valence-electron chi connectivity index (χ1n) is 11.7. The Morgan fingerprint density at radius 1 is 1.06 bits per heavy atom. The van der Waals surface area contributed by atoms with Gasteiger partial charge in [0.2, 0.25) is 6.23 Å². The Morgan fingerprint density at radius 3 is 2.79 bits per heavy atom. The SMILES string of the molecule is CCCCCCOc1ccc([C@@H]2Oc3ccccc3[C@@H]3CC(c4cccs4)=NN32)cc1OC. The number of hydrazone groups is 1. The van der Waals surface area contributed by atoms with E-state index in [9.17, 15) is 0 Å². The molecule has 0 aliphatic carbocycles. The third-order valence-electron chi connectivity index (χ3n) is 6.23. The number of hydrogen-bond donors (Lipinski definition) is 0. The van der Waals surface area contributed by atoms with Gasteiger partial charge in [0.25, 0.3) is 0 Å². The number of nitrogens with zero attached hydrogens (tertiary/aromatic N) is 2. The zero-order valence-electron chi connectivity index (χ0n) is 19.2. The molecule has 3 heterocycles. The van der Waals surface area contributed by atoms with Crippen molar-refractivity contribution in [2.75, 3.05) is 13.7 Å². The number of benzene rings is 2. The Bertz CT molecular complexity index is 1110. The number of unbranched alkanes of at least 4 members (excludes halogenated alkanes) is 3. The van der Waals surface area contributed by atoms with Gasteiger partial charge >= 0.3 is 0 Å². The summed E-state index contributed by atoms with van der Waals surface area (Å²) in [6.45, 7) is 2.92. The zero-order valence-corrected chi connectivity index (χ0v) is 20.0. The topological polar surface area (TPSA) is 43.3 Å². The average molecular weight is 463 g/mol. The summed E-state index contributed by atoms with van der Waals surface area (Å²) in [7, 11) is 1.69. The molecule has 172 valence electrons. The molecule has 0 radical (unpaired) electrons. The number of hydrogen-bond acceptors (Lipinski definition) is 6. The minimum Gasteiger partial charge on any atom is -0.493 e. The maximum Gasteiger partial charge on any atom is 0.214 e. The second-order valence-electron chi connectivity index (χ2n) is 8.45. The van der Waals surface area contributed by atoms with Gasteiger partial charge in [-0.3, -0.25) is 0 Å². The zero-order chi connectivity index (χ0) is 22.6. The van der Waals surface area contributed by atoms with Crippen molar-refractivity contribution in [3.05, 3.63) is 76.0 Å². The fourth-order valence-electron chi connectivity index (χ4n) is 4.51. The Kier molecular flexibility index (Phi) is 6.53. The molecule has 0 saturated heterocycles. The van der Waals surface area contributed by atoms with Gasteiger partial charge in [0.05, 0.1) is 30.3 Å². The molecule has 1 aromatic heterocycles. The molecule has 5 nitrogen and oxygen atoms in total. The molecule has 0 fully saturated rings. The van der Waals surface area contributed by atoms with Gasteiger partial charge in [-0.2, -0.15) is 5.10 Å². The van der Waals surface area contributed by atoms with Gasteiger partial charge in [-0.15, -0.1) is 11.3 Å². The highest BCUT2D eigenvalue weighted by atomic mass is 32.1. The Balaban J connectivity index is 1.42. The van der Waals surface area contributed by atoms with E-state index in [4.69, 9.17) is 19.3 Å². The van der Waals surface area contributed by atoms with E-state index >= 15 is 0 Å². The van der Waals surface area contributed by atoms with Crippen LogP contribution in [0.2, 0.25) is 0 Å². The monoisotopic (exact) mass is 462 g/mol. The second-order valence-corrected chi connectivity index (χ2v) is 9.40. The van der Waals surface area contributed by atoms with Gasteiger partial charge in [-0.1, -0.05) is 50.5 Å². The Labute approximate surface area is 199 Å². The van der Waals surface area contributed by atoms with Gasteiger partial charge in [-0.05, 0) is 42.1 Å². The van der Waals surface area contributed by atoms with Crippen LogP contribution >= 0.6 is 11.3 Å². The standard InChI is InChI=1S/C27H30N2O3S/c1-3-4-5-8-15-31-24-14-13-19(17-25(24)30-2)27-29-22(20-10-6-7-11-23(20)32-27)18-21(28-29)26-12-9-16-33-26/h6-7,9-14,16-17,22,27H,3-5,8,15,18H2,1-2H3/t22-,27-/m0/s1. The molecule has 33 heavy (non-hydrogen) atoms. The van der Waals surface area contributed by atoms with E-state index in [1.54, 1.807) is 18.4 Å². The van der Waals surface area contributed by atoms with E-state index in [0.29, 0.717) is 6.61 Å². The molecule has 2 aromatic carbocycles. The van der Waals surface area contributed by atoms with Crippen molar-refractivity contribution in [1.29, 1.82) is 0 Å². The highest BCUT2D eigenvalue weighted by Crippen LogP contribution is 2.48. The van der Waals surface area contributed by atoms with E-state index in [1.165, 1.54) is 29.7 Å². The molecular formula is C27H30N2O3S. The number of fused-ring (bicyclic) bond motifs is 3. The number of para-hydroxylation sites is 1. The maximum atomic E-state index is 6.49. The molecular weight excluding hydrogens is 432 g/mol. The van der Waals surface area contributed by atoms with Gasteiger partial charge < -0.3 is 14.2 Å². The molecule has 0 N–H and O–H groups in total. The first-order valence-corrected chi connectivity index (χ1v) is 12.6. The lowest BCUT2D eigenvalue weighted by molar-refractivity contribution is -0.0191. The summed E-state index contributed by atoms with van der Waals surface area (Å²) in [5, 5.41) is 9.24. The molecule has 2 atom stereocenters. The molecule has 0 spiro atoms. The predicted octanol–water partition coefficient (Wildman–Crippen LogP) is 6.96. The summed E-state index contributed by atoms with van der Waals surface area (Å²) in [6.07, 6.45) is 5.24. The second kappa shape index (κ2) is 9.87. The molecule has 2 aliphatic rings. The third-order valence-corrected chi connectivity index (χ3v) is 7.15. The van der Waals surface area contributed by atoms with E-state index in [1.807, 2.05) is 24.3 Å². The highest BCUT2D eigenvalue weighted by molar-refractivity contribution is 7.12. The smallest absolute Gasteiger partial charge is 0.214 e.